The number of anilines is 1. The zero-order valence-corrected chi connectivity index (χ0v) is 15.0. The Hall–Kier alpha value is -2.41. The van der Waals surface area contributed by atoms with Crippen LogP contribution in [0, 0.1) is 6.92 Å². The minimum Gasteiger partial charge on any atom is -0.378 e. The minimum atomic E-state index is -2.85. The number of rotatable bonds is 4. The Morgan fingerprint density at radius 2 is 1.83 bits per heavy atom. The molecule has 0 radical (unpaired) electrons. The fourth-order valence-electron chi connectivity index (χ4n) is 2.16. The molecule has 1 atom stereocenters. The van der Waals surface area contributed by atoms with Crippen LogP contribution in [0.15, 0.2) is 56.6 Å². The zero-order chi connectivity index (χ0) is 17.9. The number of hydrogen-bond donors (Lipinski definition) is 0. The number of benzene rings is 1. The molecule has 0 saturated carbocycles. The van der Waals surface area contributed by atoms with Crippen molar-refractivity contribution >= 4 is 21.3 Å². The van der Waals surface area contributed by atoms with Gasteiger partial charge < -0.3 is 9.47 Å². The van der Waals surface area contributed by atoms with Gasteiger partial charge in [0.25, 0.3) is 11.5 Å². The Bertz CT molecular complexity index is 921. The van der Waals surface area contributed by atoms with E-state index in [-0.39, 0.29) is 12.1 Å². The van der Waals surface area contributed by atoms with Crippen LogP contribution in [0.2, 0.25) is 0 Å². The van der Waals surface area contributed by atoms with Crippen LogP contribution in [0.4, 0.5) is 5.69 Å². The van der Waals surface area contributed by atoms with E-state index in [1.807, 2.05) is 31.1 Å². The normalized spacial score (nSPS) is 13.2. The summed E-state index contributed by atoms with van der Waals surface area (Å²) in [7, 11) is 0.965. The van der Waals surface area contributed by atoms with Crippen LogP contribution < -0.4 is 10.5 Å². The molecular weight excluding hydrogens is 326 g/mol. The lowest BCUT2D eigenvalue weighted by molar-refractivity contribution is -0.118. The number of aromatic nitrogens is 1. The molecule has 0 saturated heterocycles. The van der Waals surface area contributed by atoms with E-state index in [1.54, 1.807) is 25.1 Å². The Kier molecular flexibility index (Phi) is 5.23. The molecule has 2 rings (SSSR count). The number of carbonyl (C=O) groups is 1. The third-order valence-corrected chi connectivity index (χ3v) is 5.22. The lowest BCUT2D eigenvalue weighted by Gasteiger charge is -2.13. The number of pyridine rings is 1. The Morgan fingerprint density at radius 3 is 2.38 bits per heavy atom. The van der Waals surface area contributed by atoms with Crippen molar-refractivity contribution in [2.45, 2.75) is 18.4 Å². The van der Waals surface area contributed by atoms with Gasteiger partial charge in [0.2, 0.25) is 0 Å². The molecule has 0 aliphatic rings. The molecule has 2 aromatic rings. The number of aryl methyl sites for hydroxylation is 1. The molecule has 1 aromatic heterocycles. The summed E-state index contributed by atoms with van der Waals surface area (Å²) < 4.78 is 17.8. The number of amides is 1. The lowest BCUT2D eigenvalue weighted by Crippen LogP contribution is -2.23. The molecule has 0 spiro atoms. The van der Waals surface area contributed by atoms with Crippen molar-refractivity contribution in [2.24, 2.45) is 4.36 Å². The van der Waals surface area contributed by atoms with Crippen molar-refractivity contribution in [1.82, 2.24) is 4.57 Å². The number of nitrogens with zero attached hydrogens (tertiary/aromatic N) is 3. The monoisotopic (exact) mass is 347 g/mol. The van der Waals surface area contributed by atoms with Crippen molar-refractivity contribution in [3.05, 3.63) is 58.5 Å². The first kappa shape index (κ1) is 17.9. The number of hydrogen-bond acceptors (Lipinski definition) is 4. The molecule has 24 heavy (non-hydrogen) atoms. The van der Waals surface area contributed by atoms with E-state index in [9.17, 15) is 13.8 Å². The fraction of sp³-hybridized carbons (Fsp3) is 0.294. The maximum Gasteiger partial charge on any atom is 0.274 e. The second-order valence-corrected chi connectivity index (χ2v) is 8.11. The smallest absolute Gasteiger partial charge is 0.274 e. The van der Waals surface area contributed by atoms with E-state index in [4.69, 9.17) is 0 Å². The van der Waals surface area contributed by atoms with Crippen molar-refractivity contribution < 1.29 is 9.00 Å². The highest BCUT2D eigenvalue weighted by molar-refractivity contribution is 7.93. The van der Waals surface area contributed by atoms with Gasteiger partial charge in [0, 0.05) is 43.2 Å². The van der Waals surface area contributed by atoms with E-state index < -0.39 is 15.6 Å². The van der Waals surface area contributed by atoms with Crippen LogP contribution >= 0.6 is 0 Å². The van der Waals surface area contributed by atoms with Crippen molar-refractivity contribution in [1.29, 1.82) is 0 Å². The standard InChI is InChI=1S/C17H21N3O3S/c1-13-9-10-20(17(22)11-13)12-16(21)18-24(4,23)15-7-5-14(6-8-15)19(2)3/h5-11H,12H2,1-4H3/t24-/m0/s1. The maximum absolute atomic E-state index is 12.7. The molecule has 0 unspecified atom stereocenters. The van der Waals surface area contributed by atoms with Crippen LogP contribution in [0.3, 0.4) is 0 Å². The van der Waals surface area contributed by atoms with Crippen LogP contribution in [-0.4, -0.2) is 35.0 Å². The van der Waals surface area contributed by atoms with Gasteiger partial charge in [0.05, 0.1) is 9.73 Å². The average Bonchev–Trinajstić information content (AvgIpc) is 2.49. The van der Waals surface area contributed by atoms with Crippen molar-refractivity contribution in [3.8, 4) is 0 Å². The molecule has 1 amide bonds. The van der Waals surface area contributed by atoms with Gasteiger partial charge >= 0.3 is 0 Å². The minimum absolute atomic E-state index is 0.222. The summed E-state index contributed by atoms with van der Waals surface area (Å²) in [6, 6.07) is 10.2. The second kappa shape index (κ2) is 7.00. The van der Waals surface area contributed by atoms with Crippen molar-refractivity contribution in [2.75, 3.05) is 25.3 Å². The Balaban J connectivity index is 2.25. The number of carbonyl (C=O) groups excluding carboxylic acids is 1. The lowest BCUT2D eigenvalue weighted by atomic mass is 10.3. The van der Waals surface area contributed by atoms with E-state index in [0.717, 1.165) is 11.3 Å². The first-order valence-electron chi connectivity index (χ1n) is 7.38. The molecule has 1 heterocycles. The van der Waals surface area contributed by atoms with Crippen LogP contribution in [0.5, 0.6) is 0 Å². The van der Waals surface area contributed by atoms with E-state index >= 15 is 0 Å². The largest absolute Gasteiger partial charge is 0.378 e. The molecule has 0 bridgehead atoms. The highest BCUT2D eigenvalue weighted by atomic mass is 32.2. The second-order valence-electron chi connectivity index (χ2n) is 5.85. The third kappa shape index (κ3) is 4.32. The predicted octanol–water partition coefficient (Wildman–Crippen LogP) is 1.91. The van der Waals surface area contributed by atoms with Crippen LogP contribution in [0.1, 0.15) is 5.56 Å². The molecule has 0 fully saturated rings. The first-order valence-corrected chi connectivity index (χ1v) is 9.31. The van der Waals surface area contributed by atoms with Gasteiger partial charge in [-0.1, -0.05) is 0 Å². The van der Waals surface area contributed by atoms with Gasteiger partial charge in [0.1, 0.15) is 6.54 Å². The van der Waals surface area contributed by atoms with Gasteiger partial charge in [-0.15, -0.1) is 0 Å². The quantitative estimate of drug-likeness (QED) is 0.847. The molecule has 128 valence electrons. The predicted molar refractivity (Wildman–Crippen MR) is 96.0 cm³/mol. The first-order chi connectivity index (χ1) is 11.2. The fourth-order valence-corrected chi connectivity index (χ4v) is 3.35. The highest BCUT2D eigenvalue weighted by Crippen LogP contribution is 2.17. The topological polar surface area (TPSA) is 71.7 Å². The molecule has 1 aromatic carbocycles. The zero-order valence-electron chi connectivity index (χ0n) is 14.2. The molecule has 0 N–H and O–H groups in total. The highest BCUT2D eigenvalue weighted by Gasteiger charge is 2.11. The van der Waals surface area contributed by atoms with E-state index in [2.05, 4.69) is 4.36 Å². The van der Waals surface area contributed by atoms with E-state index in [0.29, 0.717) is 4.90 Å². The Morgan fingerprint density at radius 1 is 1.21 bits per heavy atom. The van der Waals surface area contributed by atoms with Gasteiger partial charge in [-0.05, 0) is 42.8 Å². The van der Waals surface area contributed by atoms with Gasteiger partial charge in [-0.25, -0.2) is 4.21 Å². The third-order valence-electron chi connectivity index (χ3n) is 3.52. The summed E-state index contributed by atoms with van der Waals surface area (Å²) >= 11 is 0. The molecule has 7 heteroatoms. The summed E-state index contributed by atoms with van der Waals surface area (Å²) in [4.78, 5) is 26.3. The van der Waals surface area contributed by atoms with Gasteiger partial charge in [-0.2, -0.15) is 4.36 Å². The summed E-state index contributed by atoms with van der Waals surface area (Å²) in [6.45, 7) is 1.58. The molecule has 6 nitrogen and oxygen atoms in total. The molecule has 0 aliphatic heterocycles. The molecular formula is C17H21N3O3S. The summed E-state index contributed by atoms with van der Waals surface area (Å²) in [5, 5.41) is 0. The van der Waals surface area contributed by atoms with Crippen LogP contribution in [-0.2, 0) is 21.1 Å². The SMILES string of the molecule is Cc1ccn(CC(=O)N=[S@@](C)(=O)c2ccc(N(C)C)cc2)c(=O)c1. The average molecular weight is 347 g/mol. The van der Waals surface area contributed by atoms with Crippen LogP contribution in [0.25, 0.3) is 0 Å². The molecule has 0 aliphatic carbocycles. The van der Waals surface area contributed by atoms with E-state index in [1.165, 1.54) is 23.1 Å². The summed E-state index contributed by atoms with van der Waals surface area (Å²) in [6.07, 6.45) is 2.96. The van der Waals surface area contributed by atoms with Crippen molar-refractivity contribution in [3.63, 3.8) is 0 Å². The maximum atomic E-state index is 12.7. The van der Waals surface area contributed by atoms with Gasteiger partial charge in [-0.3, -0.25) is 9.59 Å². The Labute approximate surface area is 141 Å². The summed E-state index contributed by atoms with van der Waals surface area (Å²) in [5.74, 6) is -0.592. The summed E-state index contributed by atoms with van der Waals surface area (Å²) in [5.41, 5.74) is 1.50. The van der Waals surface area contributed by atoms with Gasteiger partial charge in [0.15, 0.2) is 0 Å².